The molecule has 4 N–H and O–H groups in total. The smallest absolute Gasteiger partial charge is 0.323 e. The van der Waals surface area contributed by atoms with Crippen molar-refractivity contribution in [2.75, 3.05) is 6.61 Å². The number of hydrogen-bond donors (Lipinski definition) is 4. The summed E-state index contributed by atoms with van der Waals surface area (Å²) in [5.74, 6) is -0.428. The van der Waals surface area contributed by atoms with E-state index in [1.54, 1.807) is 13.8 Å². The highest BCUT2D eigenvalue weighted by molar-refractivity contribution is 5.92. The molecule has 0 aliphatic rings. The second-order valence-electron chi connectivity index (χ2n) is 3.65. The van der Waals surface area contributed by atoms with E-state index < -0.39 is 17.1 Å². The monoisotopic (exact) mass is 199 g/mol. The van der Waals surface area contributed by atoms with Gasteiger partial charge in [-0.15, -0.1) is 0 Å². The van der Waals surface area contributed by atoms with Gasteiger partial charge in [0, 0.05) is 6.20 Å². The van der Waals surface area contributed by atoms with Crippen LogP contribution in [0.1, 0.15) is 24.3 Å². The van der Waals surface area contributed by atoms with Gasteiger partial charge >= 0.3 is 5.69 Å². The summed E-state index contributed by atoms with van der Waals surface area (Å²) < 4.78 is 0. The van der Waals surface area contributed by atoms with Gasteiger partial charge in [-0.05, 0) is 13.8 Å². The van der Waals surface area contributed by atoms with Crippen LogP contribution in [0.25, 0.3) is 0 Å². The first-order valence-corrected chi connectivity index (χ1v) is 4.16. The number of aromatic amines is 2. The van der Waals surface area contributed by atoms with Crippen LogP contribution < -0.4 is 11.0 Å². The molecule has 0 aliphatic carbocycles. The van der Waals surface area contributed by atoms with E-state index in [-0.39, 0.29) is 12.3 Å². The van der Waals surface area contributed by atoms with Gasteiger partial charge < -0.3 is 20.4 Å². The van der Waals surface area contributed by atoms with E-state index >= 15 is 0 Å². The molecule has 78 valence electrons. The minimum Gasteiger partial charge on any atom is -0.394 e. The second kappa shape index (κ2) is 3.67. The van der Waals surface area contributed by atoms with Crippen molar-refractivity contribution in [1.82, 2.24) is 15.3 Å². The molecule has 1 heterocycles. The van der Waals surface area contributed by atoms with Gasteiger partial charge in [-0.2, -0.15) is 0 Å². The van der Waals surface area contributed by atoms with Gasteiger partial charge in [0.05, 0.1) is 12.1 Å². The number of imidazole rings is 1. The normalized spacial score (nSPS) is 11.4. The van der Waals surface area contributed by atoms with Crippen molar-refractivity contribution in [2.45, 2.75) is 19.4 Å². The van der Waals surface area contributed by atoms with Gasteiger partial charge in [-0.3, -0.25) is 4.79 Å². The zero-order valence-electron chi connectivity index (χ0n) is 8.05. The van der Waals surface area contributed by atoms with Crippen LogP contribution in [0, 0.1) is 0 Å². The minimum absolute atomic E-state index is 0.150. The summed E-state index contributed by atoms with van der Waals surface area (Å²) in [5, 5.41) is 11.5. The van der Waals surface area contributed by atoms with Crippen LogP contribution in [-0.2, 0) is 0 Å². The van der Waals surface area contributed by atoms with Gasteiger partial charge in [-0.25, -0.2) is 4.79 Å². The van der Waals surface area contributed by atoms with Crippen LogP contribution in [0.3, 0.4) is 0 Å². The number of rotatable bonds is 3. The first-order valence-electron chi connectivity index (χ1n) is 4.16. The third-order valence-electron chi connectivity index (χ3n) is 1.69. The Labute approximate surface area is 80.4 Å². The summed E-state index contributed by atoms with van der Waals surface area (Å²) in [6, 6.07) is 0. The number of carbonyl (C=O) groups excluding carboxylic acids is 1. The zero-order chi connectivity index (χ0) is 10.8. The Bertz CT molecular complexity index is 377. The maximum Gasteiger partial charge on any atom is 0.323 e. The molecule has 14 heavy (non-hydrogen) atoms. The third-order valence-corrected chi connectivity index (χ3v) is 1.69. The molecule has 0 unspecified atom stereocenters. The lowest BCUT2D eigenvalue weighted by Gasteiger charge is -2.22. The molecule has 0 atom stereocenters. The summed E-state index contributed by atoms with van der Waals surface area (Å²) >= 11 is 0. The maximum absolute atomic E-state index is 11.4. The summed E-state index contributed by atoms with van der Waals surface area (Å²) in [5.41, 5.74) is -0.987. The van der Waals surface area contributed by atoms with E-state index in [0.29, 0.717) is 0 Å². The first-order chi connectivity index (χ1) is 6.44. The number of H-pyrrole nitrogens is 2. The highest BCUT2D eigenvalue weighted by Gasteiger charge is 2.20. The van der Waals surface area contributed by atoms with Crippen molar-refractivity contribution in [3.8, 4) is 0 Å². The Kier molecular flexibility index (Phi) is 2.76. The number of aliphatic hydroxyl groups excluding tert-OH is 1. The Hall–Kier alpha value is -1.56. The van der Waals surface area contributed by atoms with Crippen LogP contribution in [0.15, 0.2) is 11.0 Å². The lowest BCUT2D eigenvalue weighted by molar-refractivity contribution is 0.0864. The molecule has 0 fully saturated rings. The van der Waals surface area contributed by atoms with Crippen LogP contribution >= 0.6 is 0 Å². The van der Waals surface area contributed by atoms with E-state index in [4.69, 9.17) is 5.11 Å². The summed E-state index contributed by atoms with van der Waals surface area (Å²) in [4.78, 5) is 26.7. The van der Waals surface area contributed by atoms with Gasteiger partial charge in [-0.1, -0.05) is 0 Å². The largest absolute Gasteiger partial charge is 0.394 e. The molecule has 1 amide bonds. The number of carbonyl (C=O) groups is 1. The molecule has 1 aromatic heterocycles. The van der Waals surface area contributed by atoms with Crippen LogP contribution in [0.5, 0.6) is 0 Å². The van der Waals surface area contributed by atoms with Crippen molar-refractivity contribution in [2.24, 2.45) is 0 Å². The summed E-state index contributed by atoms with van der Waals surface area (Å²) in [7, 11) is 0. The zero-order valence-corrected chi connectivity index (χ0v) is 8.05. The van der Waals surface area contributed by atoms with E-state index in [1.165, 1.54) is 6.20 Å². The molecule has 0 aromatic carbocycles. The van der Waals surface area contributed by atoms with E-state index in [2.05, 4.69) is 15.3 Å². The molecular formula is C8H13N3O3. The standard InChI is InChI=1S/C8H13N3O3/c1-8(2,4-12)11-6(13)5-3-9-7(14)10-5/h3,12H,4H2,1-2H3,(H,11,13)(H2,9,10,14). The molecular weight excluding hydrogens is 186 g/mol. The number of nitrogens with one attached hydrogen (secondary N) is 3. The number of amides is 1. The molecule has 6 nitrogen and oxygen atoms in total. The van der Waals surface area contributed by atoms with Gasteiger partial charge in [0.1, 0.15) is 5.69 Å². The second-order valence-corrected chi connectivity index (χ2v) is 3.65. The average Bonchev–Trinajstić information content (AvgIpc) is 2.51. The van der Waals surface area contributed by atoms with Crippen molar-refractivity contribution in [3.05, 3.63) is 22.4 Å². The van der Waals surface area contributed by atoms with E-state index in [1.807, 2.05) is 0 Å². The maximum atomic E-state index is 11.4. The highest BCUT2D eigenvalue weighted by atomic mass is 16.3. The molecule has 1 rings (SSSR count). The molecule has 0 spiro atoms. The summed E-state index contributed by atoms with van der Waals surface area (Å²) in [6.07, 6.45) is 1.28. The Balaban J connectivity index is 2.73. The fourth-order valence-corrected chi connectivity index (χ4v) is 0.869. The number of aromatic nitrogens is 2. The molecule has 0 bridgehead atoms. The van der Waals surface area contributed by atoms with Crippen molar-refractivity contribution in [1.29, 1.82) is 0 Å². The quantitative estimate of drug-likeness (QED) is 0.513. The molecule has 0 saturated heterocycles. The molecule has 0 aliphatic heterocycles. The summed E-state index contributed by atoms with van der Waals surface area (Å²) in [6.45, 7) is 3.18. The topological polar surface area (TPSA) is 98.0 Å². The predicted molar refractivity (Wildman–Crippen MR) is 50.0 cm³/mol. The molecule has 6 heteroatoms. The fraction of sp³-hybridized carbons (Fsp3) is 0.500. The molecule has 0 radical (unpaired) electrons. The minimum atomic E-state index is -0.703. The van der Waals surface area contributed by atoms with Crippen LogP contribution in [0.2, 0.25) is 0 Å². The van der Waals surface area contributed by atoms with Crippen LogP contribution in [-0.4, -0.2) is 33.1 Å². The van der Waals surface area contributed by atoms with Crippen molar-refractivity contribution >= 4 is 5.91 Å². The Morgan fingerprint density at radius 1 is 1.64 bits per heavy atom. The molecule has 1 aromatic rings. The Morgan fingerprint density at radius 3 is 2.71 bits per heavy atom. The van der Waals surface area contributed by atoms with Crippen LogP contribution in [0.4, 0.5) is 0 Å². The van der Waals surface area contributed by atoms with Crippen molar-refractivity contribution in [3.63, 3.8) is 0 Å². The van der Waals surface area contributed by atoms with Crippen molar-refractivity contribution < 1.29 is 9.90 Å². The van der Waals surface area contributed by atoms with E-state index in [9.17, 15) is 9.59 Å². The highest BCUT2D eigenvalue weighted by Crippen LogP contribution is 2.01. The number of hydrogen-bond acceptors (Lipinski definition) is 3. The lowest BCUT2D eigenvalue weighted by Crippen LogP contribution is -2.46. The SMILES string of the molecule is CC(C)(CO)NC(=O)c1c[nH]c(=O)[nH]1. The average molecular weight is 199 g/mol. The predicted octanol–water partition coefficient (Wildman–Crippen LogP) is -0.796. The van der Waals surface area contributed by atoms with Gasteiger partial charge in [0.15, 0.2) is 0 Å². The Morgan fingerprint density at radius 2 is 2.29 bits per heavy atom. The lowest BCUT2D eigenvalue weighted by atomic mass is 10.1. The first kappa shape index (κ1) is 10.5. The van der Waals surface area contributed by atoms with Gasteiger partial charge in [0.2, 0.25) is 0 Å². The fourth-order valence-electron chi connectivity index (χ4n) is 0.869. The number of aliphatic hydroxyl groups is 1. The van der Waals surface area contributed by atoms with Gasteiger partial charge in [0.25, 0.3) is 5.91 Å². The van der Waals surface area contributed by atoms with E-state index in [0.717, 1.165) is 0 Å². The third kappa shape index (κ3) is 2.46. The molecule has 0 saturated carbocycles.